The molecule has 0 bridgehead atoms. The highest BCUT2D eigenvalue weighted by atomic mass is 16.5. The van der Waals surface area contributed by atoms with Crippen LogP contribution >= 0.6 is 0 Å². The van der Waals surface area contributed by atoms with Gasteiger partial charge in [0.25, 0.3) is 0 Å². The Labute approximate surface area is 128 Å². The number of hydrogen-bond donors (Lipinski definition) is 1. The fourth-order valence-electron chi connectivity index (χ4n) is 1.80. The Morgan fingerprint density at radius 3 is 1.95 bits per heavy atom. The van der Waals surface area contributed by atoms with E-state index < -0.39 is 0 Å². The zero-order valence-electron chi connectivity index (χ0n) is 14.4. The summed E-state index contributed by atoms with van der Waals surface area (Å²) < 4.78 is 16.8. The van der Waals surface area contributed by atoms with E-state index in [9.17, 15) is 0 Å². The Balaban J connectivity index is 2.99. The van der Waals surface area contributed by atoms with E-state index in [4.69, 9.17) is 14.2 Å². The zero-order chi connectivity index (χ0) is 16.0. The Hall–Kier alpha value is -1.42. The highest BCUT2D eigenvalue weighted by molar-refractivity contribution is 5.53. The van der Waals surface area contributed by atoms with Gasteiger partial charge in [0.15, 0.2) is 11.5 Å². The van der Waals surface area contributed by atoms with Gasteiger partial charge in [-0.3, -0.25) is 0 Å². The summed E-state index contributed by atoms with van der Waals surface area (Å²) in [4.78, 5) is 0. The van der Waals surface area contributed by atoms with Gasteiger partial charge in [0, 0.05) is 12.1 Å². The van der Waals surface area contributed by atoms with E-state index in [2.05, 4.69) is 39.9 Å². The molecule has 0 aromatic heterocycles. The largest absolute Gasteiger partial charge is 0.493 e. The van der Waals surface area contributed by atoms with E-state index in [1.54, 1.807) is 14.2 Å². The molecule has 0 saturated heterocycles. The molecule has 0 atom stereocenters. The van der Waals surface area contributed by atoms with Crippen molar-refractivity contribution in [3.8, 4) is 17.2 Å². The zero-order valence-corrected chi connectivity index (χ0v) is 14.4. The van der Waals surface area contributed by atoms with Crippen molar-refractivity contribution in [1.29, 1.82) is 0 Å². The minimum Gasteiger partial charge on any atom is -0.493 e. The van der Waals surface area contributed by atoms with Crippen LogP contribution in [0.3, 0.4) is 0 Å². The summed E-state index contributed by atoms with van der Waals surface area (Å²) in [6, 6.07) is 3.99. The fraction of sp³-hybridized carbons (Fsp3) is 0.647. The topological polar surface area (TPSA) is 39.7 Å². The molecule has 0 unspecified atom stereocenters. The van der Waals surface area contributed by atoms with Gasteiger partial charge in [0.2, 0.25) is 5.75 Å². The number of rotatable bonds is 7. The smallest absolute Gasteiger partial charge is 0.203 e. The SMILES string of the molecule is COc1cc(CNC(C)(C)C)cc(OC)c1OCC(C)C. The molecule has 0 spiro atoms. The third-order valence-corrected chi connectivity index (χ3v) is 2.90. The van der Waals surface area contributed by atoms with Crippen LogP contribution in [0.15, 0.2) is 12.1 Å². The summed E-state index contributed by atoms with van der Waals surface area (Å²) in [6.07, 6.45) is 0. The molecule has 1 aromatic rings. The predicted molar refractivity (Wildman–Crippen MR) is 86.5 cm³/mol. The van der Waals surface area contributed by atoms with Gasteiger partial charge in [-0.1, -0.05) is 13.8 Å². The Morgan fingerprint density at radius 2 is 1.57 bits per heavy atom. The van der Waals surface area contributed by atoms with Gasteiger partial charge in [-0.2, -0.15) is 0 Å². The molecular weight excluding hydrogens is 266 g/mol. The van der Waals surface area contributed by atoms with Crippen LogP contribution in [-0.4, -0.2) is 26.4 Å². The molecule has 120 valence electrons. The van der Waals surface area contributed by atoms with Gasteiger partial charge in [0.05, 0.1) is 20.8 Å². The first kappa shape index (κ1) is 17.6. The van der Waals surface area contributed by atoms with Crippen LogP contribution in [0.4, 0.5) is 0 Å². The molecule has 0 aliphatic rings. The van der Waals surface area contributed by atoms with Crippen molar-refractivity contribution in [2.24, 2.45) is 5.92 Å². The summed E-state index contributed by atoms with van der Waals surface area (Å²) in [7, 11) is 3.30. The highest BCUT2D eigenvalue weighted by Crippen LogP contribution is 2.38. The summed E-state index contributed by atoms with van der Waals surface area (Å²) >= 11 is 0. The van der Waals surface area contributed by atoms with E-state index in [0.717, 1.165) is 12.1 Å². The number of nitrogens with one attached hydrogen (secondary N) is 1. The number of methoxy groups -OCH3 is 2. The third kappa shape index (κ3) is 5.84. The lowest BCUT2D eigenvalue weighted by molar-refractivity contribution is 0.243. The minimum atomic E-state index is 0.0628. The van der Waals surface area contributed by atoms with Gasteiger partial charge >= 0.3 is 0 Å². The third-order valence-electron chi connectivity index (χ3n) is 2.90. The first-order valence-electron chi connectivity index (χ1n) is 7.39. The molecule has 21 heavy (non-hydrogen) atoms. The molecule has 0 saturated carbocycles. The van der Waals surface area contributed by atoms with E-state index in [1.165, 1.54) is 0 Å². The quantitative estimate of drug-likeness (QED) is 0.834. The van der Waals surface area contributed by atoms with Gasteiger partial charge < -0.3 is 19.5 Å². The maximum absolute atomic E-state index is 5.84. The number of ether oxygens (including phenoxy) is 3. The lowest BCUT2D eigenvalue weighted by atomic mass is 10.1. The van der Waals surface area contributed by atoms with Crippen LogP contribution in [0.25, 0.3) is 0 Å². The van der Waals surface area contributed by atoms with Gasteiger partial charge in [-0.25, -0.2) is 0 Å². The summed E-state index contributed by atoms with van der Waals surface area (Å²) in [5.74, 6) is 2.54. The van der Waals surface area contributed by atoms with Crippen LogP contribution in [0.2, 0.25) is 0 Å². The van der Waals surface area contributed by atoms with Crippen molar-refractivity contribution in [2.75, 3.05) is 20.8 Å². The van der Waals surface area contributed by atoms with E-state index >= 15 is 0 Å². The molecule has 0 aliphatic heterocycles. The van der Waals surface area contributed by atoms with Crippen LogP contribution in [0, 0.1) is 5.92 Å². The molecule has 1 N–H and O–H groups in total. The van der Waals surface area contributed by atoms with Crippen molar-refractivity contribution in [2.45, 2.75) is 46.7 Å². The van der Waals surface area contributed by atoms with Gasteiger partial charge in [-0.15, -0.1) is 0 Å². The molecular formula is C17H29NO3. The second-order valence-electron chi connectivity index (χ2n) is 6.64. The molecule has 0 heterocycles. The monoisotopic (exact) mass is 295 g/mol. The predicted octanol–water partition coefficient (Wildman–Crippen LogP) is 3.63. The second-order valence-corrected chi connectivity index (χ2v) is 6.64. The maximum Gasteiger partial charge on any atom is 0.203 e. The normalized spacial score (nSPS) is 11.6. The number of hydrogen-bond acceptors (Lipinski definition) is 4. The van der Waals surface area contributed by atoms with E-state index in [1.807, 2.05) is 12.1 Å². The van der Waals surface area contributed by atoms with Crippen LogP contribution in [0.5, 0.6) is 17.2 Å². The molecule has 0 radical (unpaired) electrons. The first-order chi connectivity index (χ1) is 9.76. The molecule has 0 fully saturated rings. The van der Waals surface area contributed by atoms with E-state index in [-0.39, 0.29) is 5.54 Å². The molecule has 1 aromatic carbocycles. The lowest BCUT2D eigenvalue weighted by Gasteiger charge is -2.22. The molecule has 4 nitrogen and oxygen atoms in total. The molecule has 4 heteroatoms. The summed E-state index contributed by atoms with van der Waals surface area (Å²) in [5, 5.41) is 3.46. The fourth-order valence-corrected chi connectivity index (χ4v) is 1.80. The van der Waals surface area contributed by atoms with Crippen molar-refractivity contribution < 1.29 is 14.2 Å². The first-order valence-corrected chi connectivity index (χ1v) is 7.39. The number of benzene rings is 1. The van der Waals surface area contributed by atoms with Crippen molar-refractivity contribution in [1.82, 2.24) is 5.32 Å². The average molecular weight is 295 g/mol. The van der Waals surface area contributed by atoms with Crippen molar-refractivity contribution in [3.05, 3.63) is 17.7 Å². The Morgan fingerprint density at radius 1 is 1.05 bits per heavy atom. The molecule has 1 rings (SSSR count). The summed E-state index contributed by atoms with van der Waals surface area (Å²) in [6.45, 7) is 12.0. The van der Waals surface area contributed by atoms with Crippen LogP contribution in [0.1, 0.15) is 40.2 Å². The molecule has 0 amide bonds. The summed E-state index contributed by atoms with van der Waals surface area (Å²) in [5.41, 5.74) is 1.17. The van der Waals surface area contributed by atoms with Crippen molar-refractivity contribution in [3.63, 3.8) is 0 Å². The maximum atomic E-state index is 5.84. The van der Waals surface area contributed by atoms with Gasteiger partial charge in [0.1, 0.15) is 0 Å². The lowest BCUT2D eigenvalue weighted by Crippen LogP contribution is -2.35. The van der Waals surface area contributed by atoms with Crippen LogP contribution < -0.4 is 19.5 Å². The van der Waals surface area contributed by atoms with Crippen LogP contribution in [-0.2, 0) is 6.54 Å². The van der Waals surface area contributed by atoms with Crippen molar-refractivity contribution >= 4 is 0 Å². The van der Waals surface area contributed by atoms with E-state index in [0.29, 0.717) is 29.8 Å². The Kier molecular flexibility index (Phi) is 6.34. The highest BCUT2D eigenvalue weighted by Gasteiger charge is 2.16. The minimum absolute atomic E-state index is 0.0628. The second kappa shape index (κ2) is 7.55. The average Bonchev–Trinajstić information content (AvgIpc) is 2.41. The molecule has 0 aliphatic carbocycles. The Bertz CT molecular complexity index is 425. The van der Waals surface area contributed by atoms with Gasteiger partial charge in [-0.05, 0) is 44.4 Å². The standard InChI is InChI=1S/C17H29NO3/c1-12(2)11-21-16-14(19-6)8-13(9-15(16)20-7)10-18-17(3,4)5/h8-9,12,18H,10-11H2,1-7H3.